The summed E-state index contributed by atoms with van der Waals surface area (Å²) >= 11 is 0. The lowest BCUT2D eigenvalue weighted by molar-refractivity contribution is 0.121. The van der Waals surface area contributed by atoms with Crippen LogP contribution in [0.2, 0.25) is 0 Å². The maximum absolute atomic E-state index is 6.56. The number of hydrogen-bond donors (Lipinski definition) is 1. The standard InChI is InChI=1S/C23H26N8O2/c1-2-8-30(7-1)17-3-5-18(6-4-17)33-23-19-13-16(22-26-28-29-27-22)15-24-20(19)14-21(25-23)31-9-11-32-12-10-31/h1-2,7-8,13-15,17-18H,3-6,9-12H2,(H,26,27,28,29)/t17-,18+. The number of aromatic amines is 1. The van der Waals surface area contributed by atoms with Crippen LogP contribution in [0.5, 0.6) is 5.88 Å². The van der Waals surface area contributed by atoms with Crippen molar-refractivity contribution in [3.63, 3.8) is 0 Å². The summed E-state index contributed by atoms with van der Waals surface area (Å²) in [6.45, 7) is 3.01. The molecule has 0 aromatic carbocycles. The molecule has 0 atom stereocenters. The van der Waals surface area contributed by atoms with Gasteiger partial charge in [-0.05, 0) is 54.3 Å². The molecule has 5 heterocycles. The summed E-state index contributed by atoms with van der Waals surface area (Å²) in [5, 5.41) is 15.1. The quantitative estimate of drug-likeness (QED) is 0.499. The Labute approximate surface area is 190 Å². The van der Waals surface area contributed by atoms with Crippen LogP contribution < -0.4 is 9.64 Å². The Morgan fingerprint density at radius 3 is 2.61 bits per heavy atom. The topological polar surface area (TPSA) is 107 Å². The number of pyridine rings is 2. The minimum Gasteiger partial charge on any atom is -0.474 e. The van der Waals surface area contributed by atoms with Gasteiger partial charge in [0.25, 0.3) is 0 Å². The van der Waals surface area contributed by atoms with Crippen molar-refractivity contribution in [3.8, 4) is 17.3 Å². The van der Waals surface area contributed by atoms with Crippen LogP contribution in [0.3, 0.4) is 0 Å². The average molecular weight is 447 g/mol. The van der Waals surface area contributed by atoms with Crippen LogP contribution in [0.1, 0.15) is 31.7 Å². The summed E-state index contributed by atoms with van der Waals surface area (Å²) in [5.41, 5.74) is 1.65. The summed E-state index contributed by atoms with van der Waals surface area (Å²) in [5.74, 6) is 2.07. The molecule has 33 heavy (non-hydrogen) atoms. The smallest absolute Gasteiger partial charge is 0.225 e. The van der Waals surface area contributed by atoms with Gasteiger partial charge in [0.15, 0.2) is 5.82 Å². The van der Waals surface area contributed by atoms with E-state index in [0.717, 1.165) is 61.1 Å². The van der Waals surface area contributed by atoms with Crippen molar-refractivity contribution >= 4 is 16.7 Å². The second-order valence-corrected chi connectivity index (χ2v) is 8.60. The normalized spacial score (nSPS) is 21.4. The minimum atomic E-state index is 0.128. The summed E-state index contributed by atoms with van der Waals surface area (Å²) < 4.78 is 14.4. The molecule has 1 aliphatic carbocycles. The molecule has 4 aromatic heterocycles. The van der Waals surface area contributed by atoms with Crippen molar-refractivity contribution in [1.82, 2.24) is 35.2 Å². The highest BCUT2D eigenvalue weighted by Gasteiger charge is 2.25. The first-order valence-corrected chi connectivity index (χ1v) is 11.5. The Kier molecular flexibility index (Phi) is 5.35. The number of rotatable bonds is 5. The van der Waals surface area contributed by atoms with E-state index < -0.39 is 0 Å². The fraction of sp³-hybridized carbons (Fsp3) is 0.435. The number of fused-ring (bicyclic) bond motifs is 1. The molecule has 1 saturated carbocycles. The van der Waals surface area contributed by atoms with Gasteiger partial charge in [-0.1, -0.05) is 0 Å². The largest absolute Gasteiger partial charge is 0.474 e. The van der Waals surface area contributed by atoms with Crippen molar-refractivity contribution in [2.24, 2.45) is 0 Å². The lowest BCUT2D eigenvalue weighted by Gasteiger charge is -2.31. The molecule has 1 N–H and O–H groups in total. The molecule has 0 bridgehead atoms. The van der Waals surface area contributed by atoms with E-state index in [1.165, 1.54) is 0 Å². The second-order valence-electron chi connectivity index (χ2n) is 8.60. The first-order valence-electron chi connectivity index (χ1n) is 11.5. The van der Waals surface area contributed by atoms with E-state index in [0.29, 0.717) is 31.0 Å². The van der Waals surface area contributed by atoms with Crippen LogP contribution >= 0.6 is 0 Å². The van der Waals surface area contributed by atoms with Crippen molar-refractivity contribution < 1.29 is 9.47 Å². The van der Waals surface area contributed by atoms with Crippen LogP contribution in [-0.4, -0.2) is 67.6 Å². The van der Waals surface area contributed by atoms with E-state index in [4.69, 9.17) is 19.4 Å². The van der Waals surface area contributed by atoms with Crippen molar-refractivity contribution in [3.05, 3.63) is 42.9 Å². The van der Waals surface area contributed by atoms with Gasteiger partial charge < -0.3 is 18.9 Å². The zero-order valence-corrected chi connectivity index (χ0v) is 18.3. The number of tetrazole rings is 1. The van der Waals surface area contributed by atoms with Crippen molar-refractivity contribution in [1.29, 1.82) is 0 Å². The second kappa shape index (κ2) is 8.78. The Morgan fingerprint density at radius 2 is 1.85 bits per heavy atom. The molecule has 2 aliphatic rings. The van der Waals surface area contributed by atoms with Crippen LogP contribution in [-0.2, 0) is 4.74 Å². The van der Waals surface area contributed by atoms with E-state index in [1.807, 2.05) is 12.1 Å². The molecular weight excluding hydrogens is 420 g/mol. The third kappa shape index (κ3) is 4.13. The fourth-order valence-electron chi connectivity index (χ4n) is 4.75. The van der Waals surface area contributed by atoms with E-state index in [9.17, 15) is 0 Å². The zero-order chi connectivity index (χ0) is 22.0. The van der Waals surface area contributed by atoms with Gasteiger partial charge in [0.2, 0.25) is 5.88 Å². The van der Waals surface area contributed by atoms with Gasteiger partial charge in [-0.25, -0.2) is 5.10 Å². The zero-order valence-electron chi connectivity index (χ0n) is 18.3. The van der Waals surface area contributed by atoms with Gasteiger partial charge in [0.05, 0.1) is 24.1 Å². The summed E-state index contributed by atoms with van der Waals surface area (Å²) in [6.07, 6.45) is 10.4. The minimum absolute atomic E-state index is 0.128. The lowest BCUT2D eigenvalue weighted by atomic mass is 9.93. The van der Waals surface area contributed by atoms with Gasteiger partial charge in [-0.2, -0.15) is 4.98 Å². The van der Waals surface area contributed by atoms with Gasteiger partial charge in [0.1, 0.15) is 11.9 Å². The van der Waals surface area contributed by atoms with Gasteiger partial charge in [-0.3, -0.25) is 4.98 Å². The predicted octanol–water partition coefficient (Wildman–Crippen LogP) is 3.01. The molecule has 10 nitrogen and oxygen atoms in total. The fourth-order valence-corrected chi connectivity index (χ4v) is 4.75. The van der Waals surface area contributed by atoms with Gasteiger partial charge in [0, 0.05) is 49.4 Å². The van der Waals surface area contributed by atoms with Crippen LogP contribution in [0.15, 0.2) is 42.9 Å². The maximum Gasteiger partial charge on any atom is 0.225 e. The predicted molar refractivity (Wildman–Crippen MR) is 122 cm³/mol. The van der Waals surface area contributed by atoms with E-state index in [-0.39, 0.29) is 6.10 Å². The number of nitrogens with zero attached hydrogens (tertiary/aromatic N) is 7. The average Bonchev–Trinajstić information content (AvgIpc) is 3.60. The Bertz CT molecular complexity index is 1200. The number of aromatic nitrogens is 7. The number of hydrogen-bond acceptors (Lipinski definition) is 8. The van der Waals surface area contributed by atoms with Gasteiger partial charge >= 0.3 is 0 Å². The molecule has 1 aliphatic heterocycles. The van der Waals surface area contributed by atoms with Crippen LogP contribution in [0, 0.1) is 0 Å². The molecule has 0 unspecified atom stereocenters. The third-order valence-electron chi connectivity index (χ3n) is 6.56. The van der Waals surface area contributed by atoms with E-state index >= 15 is 0 Å². The molecule has 0 spiro atoms. The highest BCUT2D eigenvalue weighted by atomic mass is 16.5. The molecule has 0 amide bonds. The Morgan fingerprint density at radius 1 is 1.03 bits per heavy atom. The Hall–Kier alpha value is -3.53. The molecule has 6 rings (SSSR count). The highest BCUT2D eigenvalue weighted by Crippen LogP contribution is 2.35. The molecular formula is C23H26N8O2. The number of nitrogens with one attached hydrogen (secondary N) is 1. The van der Waals surface area contributed by atoms with Crippen molar-refractivity contribution in [2.45, 2.75) is 37.8 Å². The molecule has 10 heteroatoms. The molecule has 170 valence electrons. The monoisotopic (exact) mass is 446 g/mol. The van der Waals surface area contributed by atoms with Crippen molar-refractivity contribution in [2.75, 3.05) is 31.2 Å². The number of H-pyrrole nitrogens is 1. The summed E-state index contributed by atoms with van der Waals surface area (Å²) in [4.78, 5) is 11.9. The molecule has 4 aromatic rings. The molecule has 0 radical (unpaired) electrons. The van der Waals surface area contributed by atoms with Crippen LogP contribution in [0.4, 0.5) is 5.82 Å². The van der Waals surface area contributed by atoms with Gasteiger partial charge in [-0.15, -0.1) is 5.10 Å². The molecule has 1 saturated heterocycles. The number of morpholine rings is 1. The number of ether oxygens (including phenoxy) is 2. The summed E-state index contributed by atoms with van der Waals surface area (Å²) in [6, 6.07) is 8.74. The lowest BCUT2D eigenvalue weighted by Crippen LogP contribution is -2.36. The van der Waals surface area contributed by atoms with Crippen LogP contribution in [0.25, 0.3) is 22.3 Å². The van der Waals surface area contributed by atoms with E-state index in [2.05, 4.69) is 54.6 Å². The first kappa shape index (κ1) is 20.1. The maximum atomic E-state index is 6.56. The first-order chi connectivity index (χ1) is 16.3. The third-order valence-corrected chi connectivity index (χ3v) is 6.56. The molecule has 2 fully saturated rings. The highest BCUT2D eigenvalue weighted by molar-refractivity contribution is 5.88. The Balaban J connectivity index is 1.31. The van der Waals surface area contributed by atoms with E-state index in [1.54, 1.807) is 6.20 Å². The SMILES string of the molecule is c1ccn([C@H]2CC[C@@H](Oc3nc(N4CCOCC4)cc4ncc(-c5nnn[nH]5)cc34)CC2)c1. The number of anilines is 1. The summed E-state index contributed by atoms with van der Waals surface area (Å²) in [7, 11) is 0.